The Morgan fingerprint density at radius 2 is 1.07 bits per heavy atom. The summed E-state index contributed by atoms with van der Waals surface area (Å²) in [5.41, 5.74) is -2.36. The van der Waals surface area contributed by atoms with E-state index < -0.39 is 17.5 Å². The molecule has 30 heavy (non-hydrogen) atoms. The Bertz CT molecular complexity index is 471. The summed E-state index contributed by atoms with van der Waals surface area (Å²) in [6.07, 6.45) is -5.14. The molecule has 0 aromatic heterocycles. The van der Waals surface area contributed by atoms with E-state index in [-0.39, 0.29) is 65.4 Å². The molecule has 0 spiro atoms. The second-order valence-electron chi connectivity index (χ2n) is 7.18. The van der Waals surface area contributed by atoms with Crippen molar-refractivity contribution >= 4 is 5.91 Å². The Hall–Kier alpha value is -0.980. The second kappa shape index (κ2) is 13.4. The van der Waals surface area contributed by atoms with Crippen LogP contribution in [0.4, 0.5) is 13.2 Å². The van der Waals surface area contributed by atoms with Gasteiger partial charge in [-0.2, -0.15) is 13.2 Å². The predicted molar refractivity (Wildman–Crippen MR) is 101 cm³/mol. The molecule has 0 aliphatic carbocycles. The van der Waals surface area contributed by atoms with Crippen LogP contribution in [0, 0.1) is 5.41 Å². The molecule has 0 unspecified atom stereocenters. The van der Waals surface area contributed by atoms with Crippen LogP contribution in [0.3, 0.4) is 0 Å². The zero-order valence-corrected chi connectivity index (χ0v) is 17.3. The molecule has 2 fully saturated rings. The highest BCUT2D eigenvalue weighted by Crippen LogP contribution is 2.46. The third kappa shape index (κ3) is 7.93. The maximum atomic E-state index is 13.9. The van der Waals surface area contributed by atoms with Gasteiger partial charge in [-0.25, -0.2) is 0 Å². The minimum Gasteiger partial charge on any atom is -0.377 e. The van der Waals surface area contributed by atoms with Gasteiger partial charge in [-0.15, -0.1) is 0 Å². The van der Waals surface area contributed by atoms with Crippen molar-refractivity contribution in [2.24, 2.45) is 5.41 Å². The fraction of sp³-hybridized carbons (Fsp3) is 0.947. The molecule has 8 nitrogen and oxygen atoms in total. The lowest BCUT2D eigenvalue weighted by Gasteiger charge is -2.41. The summed E-state index contributed by atoms with van der Waals surface area (Å²) in [5.74, 6) is -0.900. The standard InChI is InChI=1S/C19H33F3N2O6/c20-19(21,22)18(1-3-23-4-2-18)17(25)24-5-7-26-9-11-28-13-15-30-16-14-29-12-10-27-8-6-24/h23H,1-16H2. The normalized spacial score (nSPS) is 24.6. The first kappa shape index (κ1) is 25.3. The zero-order chi connectivity index (χ0) is 21.7. The van der Waals surface area contributed by atoms with Gasteiger partial charge in [0.1, 0.15) is 5.41 Å². The number of hydrogen-bond acceptors (Lipinski definition) is 7. The van der Waals surface area contributed by atoms with Crippen molar-refractivity contribution in [3.63, 3.8) is 0 Å². The number of hydrogen-bond donors (Lipinski definition) is 1. The molecule has 2 aliphatic rings. The molecule has 1 N–H and O–H groups in total. The van der Waals surface area contributed by atoms with Crippen molar-refractivity contribution in [1.82, 2.24) is 10.2 Å². The van der Waals surface area contributed by atoms with Crippen LogP contribution in [0.2, 0.25) is 0 Å². The van der Waals surface area contributed by atoms with Gasteiger partial charge in [0.25, 0.3) is 0 Å². The Morgan fingerprint density at radius 3 is 1.43 bits per heavy atom. The number of carbonyl (C=O) groups is 1. The molecule has 0 aromatic carbocycles. The third-order valence-corrected chi connectivity index (χ3v) is 5.20. The summed E-state index contributed by atoms with van der Waals surface area (Å²) in [5, 5.41) is 2.90. The maximum absolute atomic E-state index is 13.9. The number of amides is 1. The van der Waals surface area contributed by atoms with E-state index in [9.17, 15) is 18.0 Å². The number of ether oxygens (including phenoxy) is 5. The van der Waals surface area contributed by atoms with E-state index in [2.05, 4.69) is 5.32 Å². The Morgan fingerprint density at radius 1 is 0.700 bits per heavy atom. The molecule has 2 saturated heterocycles. The molecule has 11 heteroatoms. The quantitative estimate of drug-likeness (QED) is 0.645. The first-order valence-electron chi connectivity index (χ1n) is 10.4. The molecule has 1 amide bonds. The van der Waals surface area contributed by atoms with Crippen LogP contribution >= 0.6 is 0 Å². The van der Waals surface area contributed by atoms with Crippen molar-refractivity contribution < 1.29 is 41.7 Å². The van der Waals surface area contributed by atoms with Gasteiger partial charge in [-0.1, -0.05) is 0 Å². The topological polar surface area (TPSA) is 78.5 Å². The van der Waals surface area contributed by atoms with Crippen molar-refractivity contribution in [1.29, 1.82) is 0 Å². The highest BCUT2D eigenvalue weighted by Gasteiger charge is 2.61. The average molecular weight is 442 g/mol. The van der Waals surface area contributed by atoms with E-state index in [0.29, 0.717) is 39.6 Å². The van der Waals surface area contributed by atoms with Gasteiger partial charge in [-0.3, -0.25) is 4.79 Å². The SMILES string of the molecule is O=C(N1CCOCCOCCOCCOCCOCC1)C1(C(F)(F)F)CCNCC1. The molecule has 2 heterocycles. The van der Waals surface area contributed by atoms with Crippen molar-refractivity contribution in [3.8, 4) is 0 Å². The summed E-state index contributed by atoms with van der Waals surface area (Å²) in [6.45, 7) is 3.67. The van der Waals surface area contributed by atoms with Gasteiger partial charge in [0.05, 0.1) is 66.1 Å². The molecule has 0 radical (unpaired) electrons. The van der Waals surface area contributed by atoms with Gasteiger partial charge >= 0.3 is 6.18 Å². The van der Waals surface area contributed by atoms with E-state index >= 15 is 0 Å². The highest BCUT2D eigenvalue weighted by molar-refractivity contribution is 5.84. The lowest BCUT2D eigenvalue weighted by molar-refractivity contribution is -0.234. The Kier molecular flexibility index (Phi) is 11.3. The van der Waals surface area contributed by atoms with Gasteiger partial charge in [0, 0.05) is 13.1 Å². The summed E-state index contributed by atoms with van der Waals surface area (Å²) in [4.78, 5) is 14.3. The van der Waals surface area contributed by atoms with Gasteiger partial charge in [0.2, 0.25) is 5.91 Å². The fourth-order valence-corrected chi connectivity index (χ4v) is 3.42. The monoisotopic (exact) mass is 442 g/mol. The number of piperidine rings is 1. The van der Waals surface area contributed by atoms with Gasteiger partial charge in [-0.05, 0) is 25.9 Å². The largest absolute Gasteiger partial charge is 0.403 e. The van der Waals surface area contributed by atoms with Gasteiger partial charge < -0.3 is 33.9 Å². The van der Waals surface area contributed by atoms with E-state index in [1.807, 2.05) is 0 Å². The first-order chi connectivity index (χ1) is 14.5. The van der Waals surface area contributed by atoms with E-state index in [1.54, 1.807) is 0 Å². The number of nitrogens with zero attached hydrogens (tertiary/aromatic N) is 1. The number of halogens is 3. The number of nitrogens with one attached hydrogen (secondary N) is 1. The number of alkyl halides is 3. The van der Waals surface area contributed by atoms with Crippen LogP contribution in [-0.2, 0) is 28.5 Å². The Labute approximate surface area is 175 Å². The summed E-state index contributed by atoms with van der Waals surface area (Å²) in [7, 11) is 0. The van der Waals surface area contributed by atoms with Crippen LogP contribution in [0.5, 0.6) is 0 Å². The molecule has 2 aliphatic heterocycles. The summed E-state index contributed by atoms with van der Waals surface area (Å²) in [6, 6.07) is 0. The van der Waals surface area contributed by atoms with E-state index in [1.165, 1.54) is 4.90 Å². The molecular formula is C19H33F3N2O6. The molecule has 0 atom stereocenters. The maximum Gasteiger partial charge on any atom is 0.403 e. The lowest BCUT2D eigenvalue weighted by Crippen LogP contribution is -2.57. The van der Waals surface area contributed by atoms with Gasteiger partial charge in [0.15, 0.2) is 0 Å². The second-order valence-corrected chi connectivity index (χ2v) is 7.18. The van der Waals surface area contributed by atoms with Crippen LogP contribution < -0.4 is 5.32 Å². The predicted octanol–water partition coefficient (Wildman–Crippen LogP) is 0.844. The van der Waals surface area contributed by atoms with Crippen molar-refractivity contribution in [2.45, 2.75) is 19.0 Å². The average Bonchev–Trinajstić information content (AvgIpc) is 2.73. The van der Waals surface area contributed by atoms with E-state index in [0.717, 1.165) is 0 Å². The van der Waals surface area contributed by atoms with Crippen LogP contribution in [0.15, 0.2) is 0 Å². The minimum absolute atomic E-state index is 0.0626. The molecule has 0 bridgehead atoms. The van der Waals surface area contributed by atoms with Crippen molar-refractivity contribution in [3.05, 3.63) is 0 Å². The first-order valence-corrected chi connectivity index (χ1v) is 10.4. The van der Waals surface area contributed by atoms with Crippen molar-refractivity contribution in [2.75, 3.05) is 92.2 Å². The molecule has 0 saturated carbocycles. The number of rotatable bonds is 1. The van der Waals surface area contributed by atoms with Crippen LogP contribution in [0.25, 0.3) is 0 Å². The third-order valence-electron chi connectivity index (χ3n) is 5.20. The minimum atomic E-state index is -4.61. The molecule has 2 rings (SSSR count). The van der Waals surface area contributed by atoms with E-state index in [4.69, 9.17) is 23.7 Å². The summed E-state index contributed by atoms with van der Waals surface area (Å²) >= 11 is 0. The zero-order valence-electron chi connectivity index (χ0n) is 17.3. The fourth-order valence-electron chi connectivity index (χ4n) is 3.42. The molecule has 176 valence electrons. The molecular weight excluding hydrogens is 409 g/mol. The summed E-state index contributed by atoms with van der Waals surface area (Å²) < 4.78 is 68.7. The number of carbonyl (C=O) groups excluding carboxylic acids is 1. The highest BCUT2D eigenvalue weighted by atomic mass is 19.4. The Balaban J connectivity index is 1.97. The van der Waals surface area contributed by atoms with Crippen LogP contribution in [0.1, 0.15) is 12.8 Å². The smallest absolute Gasteiger partial charge is 0.377 e. The van der Waals surface area contributed by atoms with Crippen LogP contribution in [-0.4, -0.2) is 109 Å². The molecule has 0 aromatic rings. The lowest BCUT2D eigenvalue weighted by atomic mass is 9.76.